The number of anilines is 2. The van der Waals surface area contributed by atoms with Crippen LogP contribution >= 0.6 is 29.7 Å². The van der Waals surface area contributed by atoms with Crippen molar-refractivity contribution in [3.05, 3.63) is 48.5 Å². The van der Waals surface area contributed by atoms with Crippen molar-refractivity contribution in [3.63, 3.8) is 0 Å². The van der Waals surface area contributed by atoms with E-state index >= 15 is 0 Å². The molecule has 6 rings (SSSR count). The zero-order chi connectivity index (χ0) is 33.4. The van der Waals surface area contributed by atoms with Gasteiger partial charge in [-0.05, 0) is 0 Å². The predicted octanol–water partition coefficient (Wildman–Crippen LogP) is 12.4. The van der Waals surface area contributed by atoms with Crippen LogP contribution in [0.1, 0.15) is 107 Å². The van der Waals surface area contributed by atoms with E-state index in [0.29, 0.717) is 0 Å². The molecule has 0 amide bonds. The first-order valence-corrected chi connectivity index (χ1v) is 29.8. The van der Waals surface area contributed by atoms with E-state index in [1.54, 1.807) is 11.4 Å². The summed E-state index contributed by atoms with van der Waals surface area (Å²) in [6, 6.07) is 20.1. The van der Waals surface area contributed by atoms with Crippen LogP contribution in [0.25, 0.3) is 11.1 Å². The van der Waals surface area contributed by atoms with E-state index in [1.807, 2.05) is 0 Å². The van der Waals surface area contributed by atoms with Crippen LogP contribution in [0, 0.1) is 0 Å². The molecule has 4 fully saturated rings. The van der Waals surface area contributed by atoms with Gasteiger partial charge in [0.05, 0.1) is 0 Å². The van der Waals surface area contributed by atoms with E-state index < -0.39 is 29.7 Å². The third-order valence-corrected chi connectivity index (χ3v) is 45.6. The number of hydrogen-bond donors (Lipinski definition) is 0. The Labute approximate surface area is 287 Å². The Kier molecular flexibility index (Phi) is 9.92. The molecule has 0 spiro atoms. The van der Waals surface area contributed by atoms with Gasteiger partial charge >= 0.3 is 288 Å². The second-order valence-corrected chi connectivity index (χ2v) is 38.6. The molecule has 46 heavy (non-hydrogen) atoms. The summed E-state index contributed by atoms with van der Waals surface area (Å²) < 4.78 is 6.47. The minimum atomic E-state index is -1.67. The summed E-state index contributed by atoms with van der Waals surface area (Å²) in [4.78, 5) is 0. The van der Waals surface area contributed by atoms with Crippen LogP contribution in [0.4, 0.5) is 11.4 Å². The van der Waals surface area contributed by atoms with Crippen LogP contribution in [0.2, 0.25) is 0 Å². The Morgan fingerprint density at radius 2 is 0.522 bits per heavy atom. The summed E-state index contributed by atoms with van der Waals surface area (Å²) in [5.41, 5.74) is 12.8. The van der Waals surface area contributed by atoms with Crippen molar-refractivity contribution in [1.82, 2.24) is 0 Å². The number of nitrogens with zero attached hydrogens (tertiary/aromatic N) is 2. The van der Waals surface area contributed by atoms with E-state index in [0.717, 1.165) is 45.3 Å². The first-order chi connectivity index (χ1) is 21.6. The molecule has 4 aliphatic heterocycles. The average Bonchev–Trinajstić information content (AvgIpc) is 3.65. The third-order valence-electron chi connectivity index (χ3n) is 16.6. The topological polar surface area (TPSA) is 6.48 Å². The van der Waals surface area contributed by atoms with Gasteiger partial charge in [0.1, 0.15) is 0 Å². The fraction of sp³-hybridized carbons (Fsp3) is 0.700. The Morgan fingerprint density at radius 1 is 0.348 bits per heavy atom. The first kappa shape index (κ1) is 35.6. The Hall–Kier alpha value is -0.240. The Bertz CT molecular complexity index is 1170. The van der Waals surface area contributed by atoms with Gasteiger partial charge in [-0.15, -0.1) is 0 Å². The second kappa shape index (κ2) is 12.8. The molecule has 2 aromatic rings. The zero-order valence-corrected chi connectivity index (χ0v) is 35.8. The summed E-state index contributed by atoms with van der Waals surface area (Å²) in [6.45, 7) is 32.0. The molecule has 0 radical (unpaired) electrons. The predicted molar refractivity (Wildman–Crippen MR) is 226 cm³/mol. The molecule has 4 aliphatic rings. The number of benzene rings is 2. The molecule has 0 N–H and O–H groups in total. The van der Waals surface area contributed by atoms with Crippen molar-refractivity contribution in [2.24, 2.45) is 0 Å². The molecular formula is C40H72N2P4. The normalized spacial score (nSPS) is 38.6. The van der Waals surface area contributed by atoms with Gasteiger partial charge in [0.25, 0.3) is 0 Å². The van der Waals surface area contributed by atoms with Crippen LogP contribution < -0.4 is 8.88 Å². The molecule has 0 bridgehead atoms. The summed E-state index contributed by atoms with van der Waals surface area (Å²) >= 11 is 0. The molecule has 0 aromatic heterocycles. The summed E-state index contributed by atoms with van der Waals surface area (Å²) in [7, 11) is -6.67. The van der Waals surface area contributed by atoms with Crippen LogP contribution in [-0.2, 0) is 0 Å². The fourth-order valence-corrected chi connectivity index (χ4v) is 41.6. The third kappa shape index (κ3) is 5.22. The van der Waals surface area contributed by atoms with Crippen molar-refractivity contribution in [2.45, 2.75) is 152 Å². The maximum atomic E-state index is 3.24. The molecule has 0 saturated carbocycles. The van der Waals surface area contributed by atoms with Gasteiger partial charge in [0, 0.05) is 0 Å². The van der Waals surface area contributed by atoms with Gasteiger partial charge < -0.3 is 0 Å². The summed E-state index contributed by atoms with van der Waals surface area (Å²) in [5.74, 6) is 0. The van der Waals surface area contributed by atoms with Crippen LogP contribution in [0.15, 0.2) is 48.5 Å². The fourth-order valence-electron chi connectivity index (χ4n) is 11.8. The van der Waals surface area contributed by atoms with Gasteiger partial charge in [-0.1, -0.05) is 0 Å². The van der Waals surface area contributed by atoms with Crippen molar-refractivity contribution in [2.75, 3.05) is 35.5 Å². The van der Waals surface area contributed by atoms with Crippen LogP contribution in [0.5, 0.6) is 0 Å². The summed E-state index contributed by atoms with van der Waals surface area (Å²) in [5, 5.41) is 0. The molecule has 262 valence electrons. The average molecular weight is 705 g/mol. The SMILES string of the molecule is C[C@H]1CC[C@H](C)[PH]1(C)N(c1ccc(-c2ccc(N([PH]3(C)[C@@H](C)CC[C@@H]3C)[PH]3(C)[C@@H](C)CC[C@@H]3C)cc2)cc1)[PH]1(C)[C@@H](C)CC[C@@H]1C. The molecule has 2 nitrogen and oxygen atoms in total. The molecule has 4 heterocycles. The molecule has 2 aromatic carbocycles. The molecule has 4 saturated heterocycles. The molecular weight excluding hydrogens is 632 g/mol. The minimum absolute atomic E-state index is 0.869. The van der Waals surface area contributed by atoms with Crippen molar-refractivity contribution >= 4 is 41.0 Å². The van der Waals surface area contributed by atoms with E-state index in [1.165, 1.54) is 62.5 Å². The zero-order valence-electron chi connectivity index (χ0n) is 31.8. The quantitative estimate of drug-likeness (QED) is 0.265. The van der Waals surface area contributed by atoms with Gasteiger partial charge in [-0.3, -0.25) is 0 Å². The second-order valence-electron chi connectivity index (χ2n) is 18.2. The number of rotatable bonds is 7. The first-order valence-electron chi connectivity index (χ1n) is 19.4. The summed E-state index contributed by atoms with van der Waals surface area (Å²) in [6.07, 6.45) is 11.4. The van der Waals surface area contributed by atoms with E-state index in [2.05, 4.69) is 139 Å². The molecule has 8 atom stereocenters. The molecule has 6 heteroatoms. The van der Waals surface area contributed by atoms with Crippen molar-refractivity contribution in [3.8, 4) is 11.1 Å². The Morgan fingerprint density at radius 3 is 0.696 bits per heavy atom. The van der Waals surface area contributed by atoms with Crippen LogP contribution in [-0.4, -0.2) is 71.9 Å². The number of hydrogen-bond acceptors (Lipinski definition) is 2. The standard InChI is InChI=1S/C40H72N2P4/c1-29-13-14-30(2)43(29,9)41(44(10)31(3)15-16-32(44)4)39-25-21-37(22-26-39)38-23-27-40(28-24-38)42(45(11)33(5)17-18-34(45)6)46(12)35(7)19-20-36(46)8/h21-36,43-46H,13-20H2,1-12H3/t29-,30-,31-,32-,33-,34-,35-,36-/m0/s1. The van der Waals surface area contributed by atoms with Crippen molar-refractivity contribution in [1.29, 1.82) is 0 Å². The van der Waals surface area contributed by atoms with Gasteiger partial charge in [-0.2, -0.15) is 0 Å². The van der Waals surface area contributed by atoms with Gasteiger partial charge in [0.15, 0.2) is 0 Å². The van der Waals surface area contributed by atoms with Crippen molar-refractivity contribution < 1.29 is 0 Å². The van der Waals surface area contributed by atoms with E-state index in [9.17, 15) is 0 Å². The van der Waals surface area contributed by atoms with E-state index in [-0.39, 0.29) is 0 Å². The Balaban J connectivity index is 1.36. The van der Waals surface area contributed by atoms with Crippen LogP contribution in [0.3, 0.4) is 0 Å². The molecule has 0 aliphatic carbocycles. The van der Waals surface area contributed by atoms with Gasteiger partial charge in [0.2, 0.25) is 0 Å². The van der Waals surface area contributed by atoms with E-state index in [4.69, 9.17) is 0 Å². The maximum absolute atomic E-state index is 3.24. The monoisotopic (exact) mass is 704 g/mol. The van der Waals surface area contributed by atoms with Gasteiger partial charge in [-0.25, -0.2) is 0 Å². The molecule has 0 unspecified atom stereocenters.